The minimum Gasteiger partial charge on any atom is -0.496 e. The van der Waals surface area contributed by atoms with E-state index in [-0.39, 0.29) is 5.82 Å². The number of nitrogens with one attached hydrogen (secondary N) is 1. The van der Waals surface area contributed by atoms with Gasteiger partial charge in [0.05, 0.1) is 42.9 Å². The van der Waals surface area contributed by atoms with Gasteiger partial charge in [-0.2, -0.15) is 9.78 Å². The highest BCUT2D eigenvalue weighted by Gasteiger charge is 2.13. The number of hydrogen-bond donors (Lipinski definition) is 1. The van der Waals surface area contributed by atoms with Crippen LogP contribution in [-0.2, 0) is 6.54 Å². The first-order chi connectivity index (χ1) is 12.5. The molecule has 26 heavy (non-hydrogen) atoms. The van der Waals surface area contributed by atoms with E-state index in [1.807, 2.05) is 30.5 Å². The zero-order chi connectivity index (χ0) is 18.5. The number of rotatable bonds is 7. The van der Waals surface area contributed by atoms with Crippen LogP contribution in [0.4, 0.5) is 10.9 Å². The number of benzene rings is 1. The Balaban J connectivity index is 1.75. The summed E-state index contributed by atoms with van der Waals surface area (Å²) in [6.07, 6.45) is 3.23. The van der Waals surface area contributed by atoms with Gasteiger partial charge >= 0.3 is 5.82 Å². The van der Waals surface area contributed by atoms with Gasteiger partial charge in [-0.1, -0.05) is 0 Å². The molecule has 3 aromatic rings. The van der Waals surface area contributed by atoms with Gasteiger partial charge < -0.3 is 14.9 Å². The number of ether oxygens (including phenoxy) is 1. The van der Waals surface area contributed by atoms with Crippen LogP contribution in [0.3, 0.4) is 0 Å². The Morgan fingerprint density at radius 2 is 2.31 bits per heavy atom. The normalized spacial score (nSPS) is 11.0. The summed E-state index contributed by atoms with van der Waals surface area (Å²) in [5, 5.41) is 21.5. The van der Waals surface area contributed by atoms with Crippen molar-refractivity contribution in [1.29, 1.82) is 0 Å². The molecule has 0 fully saturated rings. The van der Waals surface area contributed by atoms with Gasteiger partial charge in [-0.25, -0.2) is 4.98 Å². The fraction of sp³-hybridized carbons (Fsp3) is 0.188. The zero-order valence-corrected chi connectivity index (χ0v) is 14.9. The van der Waals surface area contributed by atoms with Gasteiger partial charge in [-0.05, 0) is 35.6 Å². The third-order valence-corrected chi connectivity index (χ3v) is 4.31. The predicted octanol–water partition coefficient (Wildman–Crippen LogP) is 3.06. The summed E-state index contributed by atoms with van der Waals surface area (Å²) in [7, 11) is 1.57. The molecule has 2 aromatic heterocycles. The lowest BCUT2D eigenvalue weighted by Gasteiger charge is -2.08. The number of thiazole rings is 1. The standard InChI is InChI=1S/C16H16N6O3S/c1-11-10-26-16(18-11)19-17-8-12-3-4-14(25-2)13(7-12)9-21-6-5-15(20-21)22(23)24/h3-8,10H,9H2,1-2H3,(H,18,19). The monoisotopic (exact) mass is 372 g/mol. The van der Waals surface area contributed by atoms with Gasteiger partial charge in [0.2, 0.25) is 5.13 Å². The number of aryl methyl sites for hydroxylation is 1. The van der Waals surface area contributed by atoms with E-state index in [1.54, 1.807) is 19.5 Å². The molecule has 2 heterocycles. The summed E-state index contributed by atoms with van der Waals surface area (Å²) in [4.78, 5) is 14.5. The summed E-state index contributed by atoms with van der Waals surface area (Å²) >= 11 is 1.48. The van der Waals surface area contributed by atoms with E-state index in [1.165, 1.54) is 22.1 Å². The third-order valence-electron chi connectivity index (χ3n) is 3.44. The molecule has 1 N–H and O–H groups in total. The molecule has 0 aliphatic carbocycles. The molecule has 0 amide bonds. The fourth-order valence-corrected chi connectivity index (χ4v) is 2.92. The Hall–Kier alpha value is -3.27. The molecular formula is C16H16N6O3S. The lowest BCUT2D eigenvalue weighted by Crippen LogP contribution is -2.04. The molecule has 0 saturated heterocycles. The first-order valence-corrected chi connectivity index (χ1v) is 8.49. The average molecular weight is 372 g/mol. The van der Waals surface area contributed by atoms with E-state index in [0.29, 0.717) is 12.3 Å². The quantitative estimate of drug-likeness (QED) is 0.388. The Kier molecular flexibility index (Phi) is 5.23. The van der Waals surface area contributed by atoms with Crippen molar-refractivity contribution in [3.8, 4) is 5.75 Å². The first kappa shape index (κ1) is 17.5. The van der Waals surface area contributed by atoms with Gasteiger partial charge in [0.1, 0.15) is 5.75 Å². The Morgan fingerprint density at radius 3 is 2.96 bits per heavy atom. The molecule has 0 aliphatic heterocycles. The molecule has 0 spiro atoms. The molecule has 0 unspecified atom stereocenters. The van der Waals surface area contributed by atoms with Crippen LogP contribution in [0.15, 0.2) is 40.9 Å². The van der Waals surface area contributed by atoms with Crippen LogP contribution in [0.1, 0.15) is 16.8 Å². The van der Waals surface area contributed by atoms with Crippen LogP contribution in [0.5, 0.6) is 5.75 Å². The van der Waals surface area contributed by atoms with Crippen molar-refractivity contribution in [3.05, 3.63) is 62.8 Å². The van der Waals surface area contributed by atoms with Crippen molar-refractivity contribution in [2.75, 3.05) is 12.5 Å². The lowest BCUT2D eigenvalue weighted by molar-refractivity contribution is -0.389. The number of nitrogens with zero attached hydrogens (tertiary/aromatic N) is 5. The molecule has 0 saturated carbocycles. The van der Waals surface area contributed by atoms with Gasteiger partial charge in [0, 0.05) is 10.9 Å². The van der Waals surface area contributed by atoms with E-state index < -0.39 is 4.92 Å². The number of hydrogen-bond acceptors (Lipinski definition) is 8. The minimum absolute atomic E-state index is 0.190. The van der Waals surface area contributed by atoms with Crippen molar-refractivity contribution in [3.63, 3.8) is 0 Å². The Labute approximate surface area is 153 Å². The molecule has 0 bridgehead atoms. The summed E-state index contributed by atoms with van der Waals surface area (Å²) < 4.78 is 6.85. The molecule has 3 rings (SSSR count). The Bertz CT molecular complexity index is 949. The van der Waals surface area contributed by atoms with Gasteiger partial charge in [0.15, 0.2) is 0 Å². The largest absolute Gasteiger partial charge is 0.496 e. The molecule has 1 aromatic carbocycles. The van der Waals surface area contributed by atoms with Crippen molar-refractivity contribution in [2.45, 2.75) is 13.5 Å². The molecule has 9 nitrogen and oxygen atoms in total. The van der Waals surface area contributed by atoms with Crippen molar-refractivity contribution < 1.29 is 9.66 Å². The fourth-order valence-electron chi connectivity index (χ4n) is 2.28. The highest BCUT2D eigenvalue weighted by Crippen LogP contribution is 2.21. The topological polar surface area (TPSA) is 107 Å². The van der Waals surface area contributed by atoms with Gasteiger partial charge in [-0.15, -0.1) is 11.3 Å². The van der Waals surface area contributed by atoms with Crippen molar-refractivity contribution in [2.24, 2.45) is 5.10 Å². The van der Waals surface area contributed by atoms with Crippen LogP contribution in [0.2, 0.25) is 0 Å². The van der Waals surface area contributed by atoms with E-state index in [9.17, 15) is 10.1 Å². The Morgan fingerprint density at radius 1 is 1.46 bits per heavy atom. The molecule has 0 radical (unpaired) electrons. The molecule has 0 aliphatic rings. The molecule has 10 heteroatoms. The minimum atomic E-state index is -0.525. The number of methoxy groups -OCH3 is 1. The van der Waals surface area contributed by atoms with Gasteiger partial charge in [-0.3, -0.25) is 5.43 Å². The van der Waals surface area contributed by atoms with E-state index in [2.05, 4.69) is 20.6 Å². The summed E-state index contributed by atoms with van der Waals surface area (Å²) in [5.41, 5.74) is 5.50. The summed E-state index contributed by atoms with van der Waals surface area (Å²) in [6.45, 7) is 2.26. The number of aromatic nitrogens is 3. The van der Waals surface area contributed by atoms with Crippen LogP contribution < -0.4 is 10.2 Å². The van der Waals surface area contributed by atoms with Crippen molar-refractivity contribution in [1.82, 2.24) is 14.8 Å². The van der Waals surface area contributed by atoms with Crippen LogP contribution in [0.25, 0.3) is 0 Å². The summed E-state index contributed by atoms with van der Waals surface area (Å²) in [6, 6.07) is 6.94. The van der Waals surface area contributed by atoms with Crippen LogP contribution in [0, 0.1) is 17.0 Å². The predicted molar refractivity (Wildman–Crippen MR) is 99.0 cm³/mol. The number of anilines is 1. The lowest BCUT2D eigenvalue weighted by atomic mass is 10.1. The van der Waals surface area contributed by atoms with E-state index in [4.69, 9.17) is 4.74 Å². The smallest absolute Gasteiger partial charge is 0.389 e. The second kappa shape index (κ2) is 7.74. The highest BCUT2D eigenvalue weighted by molar-refractivity contribution is 7.13. The number of hydrazone groups is 1. The molecule has 134 valence electrons. The first-order valence-electron chi connectivity index (χ1n) is 7.61. The second-order valence-corrected chi connectivity index (χ2v) is 6.22. The maximum Gasteiger partial charge on any atom is 0.389 e. The van der Waals surface area contributed by atoms with Crippen molar-refractivity contribution >= 4 is 28.5 Å². The number of nitro groups is 1. The SMILES string of the molecule is COc1ccc(C=NNc2nc(C)cs2)cc1Cn1ccc([N+](=O)[O-])n1. The molecular weight excluding hydrogens is 356 g/mol. The second-order valence-electron chi connectivity index (χ2n) is 5.36. The zero-order valence-electron chi connectivity index (χ0n) is 14.1. The highest BCUT2D eigenvalue weighted by atomic mass is 32.1. The van der Waals surface area contributed by atoms with E-state index in [0.717, 1.165) is 22.0 Å². The maximum atomic E-state index is 10.8. The molecule has 0 atom stereocenters. The maximum absolute atomic E-state index is 10.8. The average Bonchev–Trinajstić information content (AvgIpc) is 3.24. The van der Waals surface area contributed by atoms with Gasteiger partial charge in [0.25, 0.3) is 0 Å². The van der Waals surface area contributed by atoms with Crippen LogP contribution in [-0.4, -0.2) is 33.0 Å². The van der Waals surface area contributed by atoms with E-state index >= 15 is 0 Å². The van der Waals surface area contributed by atoms with Crippen LogP contribution >= 0.6 is 11.3 Å². The summed E-state index contributed by atoms with van der Waals surface area (Å²) in [5.74, 6) is 0.480. The third kappa shape index (κ3) is 4.22.